The van der Waals surface area contributed by atoms with Crippen molar-refractivity contribution in [1.82, 2.24) is 5.32 Å². The Morgan fingerprint density at radius 1 is 1.24 bits per heavy atom. The van der Waals surface area contributed by atoms with Crippen LogP contribution in [0.2, 0.25) is 0 Å². The molecule has 2 unspecified atom stereocenters. The van der Waals surface area contributed by atoms with Crippen LogP contribution < -0.4 is 16.4 Å². The lowest BCUT2D eigenvalue weighted by Crippen LogP contribution is -2.41. The van der Waals surface area contributed by atoms with E-state index in [1.807, 2.05) is 6.07 Å². The van der Waals surface area contributed by atoms with E-state index in [-0.39, 0.29) is 11.4 Å². The molecule has 0 fully saturated rings. The number of benzene rings is 2. The topological polar surface area (TPSA) is 67.1 Å². The van der Waals surface area contributed by atoms with Crippen molar-refractivity contribution in [3.63, 3.8) is 0 Å². The average Bonchev–Trinajstić information content (AvgIpc) is 2.85. The fraction of sp³-hybridized carbons (Fsp3) is 0.381. The number of amides is 1. The molecular formula is C21H25N3O. The number of rotatable bonds is 5. The number of unbranched alkanes of at least 4 members (excludes halogenated alkanes) is 1. The van der Waals surface area contributed by atoms with Gasteiger partial charge in [-0.15, -0.1) is 0 Å². The predicted molar refractivity (Wildman–Crippen MR) is 100 cm³/mol. The molecule has 4 N–H and O–H groups in total. The van der Waals surface area contributed by atoms with Crippen molar-refractivity contribution in [2.24, 2.45) is 5.73 Å². The van der Waals surface area contributed by atoms with Crippen molar-refractivity contribution in [3.8, 4) is 0 Å². The maximum atomic E-state index is 12.1. The summed E-state index contributed by atoms with van der Waals surface area (Å²) in [5.41, 5.74) is 11.6. The molecule has 2 bridgehead atoms. The molecule has 0 aliphatic carbocycles. The van der Waals surface area contributed by atoms with Gasteiger partial charge in [0.05, 0.1) is 5.54 Å². The number of nitrogens with one attached hydrogen (secondary N) is 2. The molecule has 2 aliphatic heterocycles. The molecule has 0 saturated carbocycles. The maximum Gasteiger partial charge on any atom is 0.224 e. The third-order valence-electron chi connectivity index (χ3n) is 5.55. The summed E-state index contributed by atoms with van der Waals surface area (Å²) in [6, 6.07) is 15.4. The fourth-order valence-electron chi connectivity index (χ4n) is 4.31. The van der Waals surface area contributed by atoms with E-state index in [4.69, 9.17) is 5.73 Å². The molecular weight excluding hydrogens is 310 g/mol. The van der Waals surface area contributed by atoms with E-state index in [1.54, 1.807) is 0 Å². The quantitative estimate of drug-likeness (QED) is 0.735. The second-order valence-electron chi connectivity index (χ2n) is 7.28. The molecule has 25 heavy (non-hydrogen) atoms. The van der Waals surface area contributed by atoms with Gasteiger partial charge in [-0.1, -0.05) is 30.3 Å². The lowest BCUT2D eigenvalue weighted by Gasteiger charge is -2.35. The van der Waals surface area contributed by atoms with E-state index in [0.29, 0.717) is 19.0 Å². The summed E-state index contributed by atoms with van der Waals surface area (Å²) in [5.74, 6) is 0.0621. The number of carbonyl (C=O) groups is 1. The zero-order valence-corrected chi connectivity index (χ0v) is 14.6. The maximum absolute atomic E-state index is 12.1. The van der Waals surface area contributed by atoms with Crippen molar-refractivity contribution in [2.75, 3.05) is 11.9 Å². The van der Waals surface area contributed by atoms with Crippen LogP contribution >= 0.6 is 0 Å². The van der Waals surface area contributed by atoms with Crippen LogP contribution in [0.3, 0.4) is 0 Å². The highest BCUT2D eigenvalue weighted by molar-refractivity contribution is 5.90. The van der Waals surface area contributed by atoms with Crippen LogP contribution in [0.5, 0.6) is 0 Å². The number of hydrogen-bond acceptors (Lipinski definition) is 3. The Bertz CT molecular complexity index is 817. The van der Waals surface area contributed by atoms with Gasteiger partial charge in [-0.2, -0.15) is 0 Å². The predicted octanol–water partition coefficient (Wildman–Crippen LogP) is 3.22. The van der Waals surface area contributed by atoms with Crippen LogP contribution in [0.15, 0.2) is 42.5 Å². The van der Waals surface area contributed by atoms with Crippen LogP contribution in [0, 0.1) is 0 Å². The first kappa shape index (κ1) is 16.3. The van der Waals surface area contributed by atoms with E-state index >= 15 is 0 Å². The highest BCUT2D eigenvalue weighted by Crippen LogP contribution is 2.48. The third-order valence-corrected chi connectivity index (χ3v) is 5.55. The van der Waals surface area contributed by atoms with E-state index < -0.39 is 0 Å². The Labute approximate surface area is 148 Å². The molecule has 2 aromatic rings. The van der Waals surface area contributed by atoms with Crippen LogP contribution in [0.4, 0.5) is 5.69 Å². The summed E-state index contributed by atoms with van der Waals surface area (Å²) in [7, 11) is 0. The largest absolute Gasteiger partial charge is 0.330 e. The highest BCUT2D eigenvalue weighted by atomic mass is 16.1. The number of carbonyl (C=O) groups excluding carboxylic acids is 1. The minimum absolute atomic E-state index is 0.0621. The molecule has 0 aromatic heterocycles. The summed E-state index contributed by atoms with van der Waals surface area (Å²) in [5, 5.41) is 6.83. The molecule has 0 spiro atoms. The minimum Gasteiger partial charge on any atom is -0.330 e. The molecule has 2 atom stereocenters. The molecule has 2 aromatic carbocycles. The van der Waals surface area contributed by atoms with Gasteiger partial charge in [-0.3, -0.25) is 10.1 Å². The third kappa shape index (κ3) is 2.75. The molecule has 4 nitrogen and oxygen atoms in total. The Morgan fingerprint density at radius 3 is 2.92 bits per heavy atom. The summed E-state index contributed by atoms with van der Waals surface area (Å²) >= 11 is 0. The van der Waals surface area contributed by atoms with Crippen molar-refractivity contribution >= 4 is 11.6 Å². The molecule has 0 radical (unpaired) electrons. The minimum atomic E-state index is -0.185. The smallest absolute Gasteiger partial charge is 0.224 e. The van der Waals surface area contributed by atoms with E-state index in [9.17, 15) is 4.79 Å². The van der Waals surface area contributed by atoms with Gasteiger partial charge in [-0.05, 0) is 67.1 Å². The summed E-state index contributed by atoms with van der Waals surface area (Å²) in [6.45, 7) is 2.88. The number of anilines is 1. The Morgan fingerprint density at radius 2 is 2.08 bits per heavy atom. The van der Waals surface area contributed by atoms with Gasteiger partial charge in [-0.25, -0.2) is 0 Å². The van der Waals surface area contributed by atoms with Gasteiger partial charge in [0.25, 0.3) is 0 Å². The van der Waals surface area contributed by atoms with Gasteiger partial charge in [0.2, 0.25) is 5.91 Å². The molecule has 2 aliphatic rings. The van der Waals surface area contributed by atoms with Crippen LogP contribution in [-0.2, 0) is 16.8 Å². The molecule has 1 amide bonds. The first-order valence-corrected chi connectivity index (χ1v) is 9.12. The normalized spacial score (nSPS) is 23.0. The lowest BCUT2D eigenvalue weighted by molar-refractivity contribution is -0.116. The number of fused-ring (bicyclic) bond motifs is 7. The first-order chi connectivity index (χ1) is 12.1. The van der Waals surface area contributed by atoms with Crippen LogP contribution in [0.25, 0.3) is 0 Å². The Hall–Kier alpha value is -2.17. The van der Waals surface area contributed by atoms with Crippen LogP contribution in [0.1, 0.15) is 54.5 Å². The summed E-state index contributed by atoms with van der Waals surface area (Å²) < 4.78 is 0. The molecule has 4 heteroatoms. The Kier molecular flexibility index (Phi) is 4.10. The lowest BCUT2D eigenvalue weighted by atomic mass is 9.82. The number of nitrogens with two attached hydrogens (primary N) is 1. The highest BCUT2D eigenvalue weighted by Gasteiger charge is 2.45. The summed E-state index contributed by atoms with van der Waals surface area (Å²) in [4.78, 5) is 12.1. The average molecular weight is 335 g/mol. The van der Waals surface area contributed by atoms with Crippen LogP contribution in [-0.4, -0.2) is 12.5 Å². The fourth-order valence-corrected chi connectivity index (χ4v) is 4.31. The zero-order chi connectivity index (χ0) is 17.4. The van der Waals surface area contributed by atoms with Crippen molar-refractivity contribution in [3.05, 3.63) is 64.7 Å². The second-order valence-corrected chi connectivity index (χ2v) is 7.28. The first-order valence-electron chi connectivity index (χ1n) is 9.12. The molecule has 2 heterocycles. The number of hydrogen-bond donors (Lipinski definition) is 3. The molecule has 130 valence electrons. The standard InChI is InChI=1S/C21H25N3O/c1-21-17-7-3-2-6-16(17)19(24-21)12-14-9-10-15(13-18(14)21)23-20(25)8-4-5-11-22/h2-3,6-7,9-10,13,19,24H,4-5,8,11-12,22H2,1H3,(H,23,25). The van der Waals surface area contributed by atoms with Gasteiger partial charge in [0, 0.05) is 18.2 Å². The van der Waals surface area contributed by atoms with Gasteiger partial charge in [0.15, 0.2) is 0 Å². The monoisotopic (exact) mass is 335 g/mol. The van der Waals surface area contributed by atoms with Crippen molar-refractivity contribution in [1.29, 1.82) is 0 Å². The van der Waals surface area contributed by atoms with Gasteiger partial charge < -0.3 is 11.1 Å². The molecule has 0 saturated heterocycles. The van der Waals surface area contributed by atoms with Gasteiger partial charge in [0.1, 0.15) is 0 Å². The zero-order valence-electron chi connectivity index (χ0n) is 14.6. The summed E-state index contributed by atoms with van der Waals surface area (Å²) in [6.07, 6.45) is 3.24. The van der Waals surface area contributed by atoms with Gasteiger partial charge >= 0.3 is 0 Å². The van der Waals surface area contributed by atoms with E-state index in [0.717, 1.165) is 24.9 Å². The molecule has 4 rings (SSSR count). The van der Waals surface area contributed by atoms with Crippen molar-refractivity contribution in [2.45, 2.75) is 44.2 Å². The van der Waals surface area contributed by atoms with E-state index in [1.165, 1.54) is 22.3 Å². The van der Waals surface area contributed by atoms with Crippen molar-refractivity contribution < 1.29 is 4.79 Å². The van der Waals surface area contributed by atoms with E-state index in [2.05, 4.69) is 54.0 Å². The Balaban J connectivity index is 1.62. The SMILES string of the molecule is CC12NC(Cc3ccc(NC(=O)CCCCN)cc31)c1ccccc12. The second kappa shape index (κ2) is 6.28.